The van der Waals surface area contributed by atoms with Crippen molar-refractivity contribution in [3.05, 3.63) is 53.3 Å². The van der Waals surface area contributed by atoms with E-state index in [1.54, 1.807) is 11.0 Å². The van der Waals surface area contributed by atoms with Crippen molar-refractivity contribution in [2.24, 2.45) is 0 Å². The minimum absolute atomic E-state index is 0.134. The number of aromatic amines is 1. The maximum Gasteiger partial charge on any atom is 0.290 e. The number of furan rings is 1. The molecular weight excluding hydrogens is 332 g/mol. The second kappa shape index (κ2) is 6.08. The summed E-state index contributed by atoms with van der Waals surface area (Å²) >= 11 is 0. The Morgan fingerprint density at radius 3 is 2.88 bits per heavy atom. The second-order valence-corrected chi connectivity index (χ2v) is 5.73. The predicted molar refractivity (Wildman–Crippen MR) is 81.2 cm³/mol. The molecule has 25 heavy (non-hydrogen) atoms. The van der Waals surface area contributed by atoms with Gasteiger partial charge in [-0.2, -0.15) is 5.21 Å². The molecule has 128 valence electrons. The van der Waals surface area contributed by atoms with Gasteiger partial charge in [0.15, 0.2) is 23.2 Å². The summed E-state index contributed by atoms with van der Waals surface area (Å²) in [6.07, 6.45) is 1.45. The van der Waals surface area contributed by atoms with Gasteiger partial charge in [0, 0.05) is 6.54 Å². The van der Waals surface area contributed by atoms with Crippen LogP contribution in [0.15, 0.2) is 34.7 Å². The Morgan fingerprint density at radius 1 is 1.24 bits per heavy atom. The third-order valence-corrected chi connectivity index (χ3v) is 4.22. The number of nitrogens with zero attached hydrogens (tertiary/aromatic N) is 4. The van der Waals surface area contributed by atoms with E-state index in [0.717, 1.165) is 18.6 Å². The minimum Gasteiger partial charge on any atom is -0.447 e. The normalized spacial score (nSPS) is 17.2. The van der Waals surface area contributed by atoms with Crippen molar-refractivity contribution in [3.8, 4) is 11.6 Å². The third kappa shape index (κ3) is 2.77. The van der Waals surface area contributed by atoms with E-state index in [1.165, 1.54) is 12.1 Å². The number of rotatable bonds is 3. The maximum absolute atomic E-state index is 13.5. The highest BCUT2D eigenvalue weighted by molar-refractivity contribution is 5.92. The number of tetrazole rings is 1. The monoisotopic (exact) mass is 345 g/mol. The molecule has 7 nitrogen and oxygen atoms in total. The average molecular weight is 345 g/mol. The van der Waals surface area contributed by atoms with Crippen molar-refractivity contribution in [1.29, 1.82) is 0 Å². The molecule has 1 fully saturated rings. The van der Waals surface area contributed by atoms with Crippen LogP contribution in [-0.2, 0) is 0 Å². The standard InChI is InChI=1S/C16H13F2N5O2/c17-10-4-3-9(8-11(10)18)12-2-1-7-23(12)16(24)14-6-5-13(25-14)15-19-21-22-20-15/h3-6,8,12H,1-2,7H2,(H,19,20,21,22). The highest BCUT2D eigenvalue weighted by Gasteiger charge is 2.32. The molecule has 3 heterocycles. The number of benzene rings is 1. The SMILES string of the molecule is O=C(c1ccc(-c2nn[nH]n2)o1)N1CCCC1c1ccc(F)c(F)c1. The van der Waals surface area contributed by atoms with Crippen LogP contribution >= 0.6 is 0 Å². The quantitative estimate of drug-likeness (QED) is 0.788. The van der Waals surface area contributed by atoms with Gasteiger partial charge < -0.3 is 9.32 Å². The van der Waals surface area contributed by atoms with E-state index in [1.807, 2.05) is 0 Å². The lowest BCUT2D eigenvalue weighted by Gasteiger charge is -2.24. The van der Waals surface area contributed by atoms with Crippen LogP contribution in [0.3, 0.4) is 0 Å². The first-order valence-electron chi connectivity index (χ1n) is 7.73. The zero-order valence-corrected chi connectivity index (χ0v) is 12.9. The molecular formula is C16H13F2N5O2. The van der Waals surface area contributed by atoms with Gasteiger partial charge in [-0.1, -0.05) is 6.07 Å². The molecule has 1 aliphatic rings. The van der Waals surface area contributed by atoms with E-state index in [2.05, 4.69) is 20.6 Å². The number of H-pyrrole nitrogens is 1. The van der Waals surface area contributed by atoms with Crippen LogP contribution in [0.25, 0.3) is 11.6 Å². The van der Waals surface area contributed by atoms with Gasteiger partial charge in [0.1, 0.15) is 0 Å². The van der Waals surface area contributed by atoms with Crippen molar-refractivity contribution in [1.82, 2.24) is 25.5 Å². The Balaban J connectivity index is 1.59. The number of aromatic nitrogens is 4. The number of amides is 1. The molecule has 0 aliphatic carbocycles. The van der Waals surface area contributed by atoms with Crippen LogP contribution in [0.4, 0.5) is 8.78 Å². The Bertz CT molecular complexity index is 909. The Kier molecular flexibility index (Phi) is 3.75. The molecule has 0 spiro atoms. The maximum atomic E-state index is 13.5. The van der Waals surface area contributed by atoms with Crippen LogP contribution in [0.2, 0.25) is 0 Å². The van der Waals surface area contributed by atoms with E-state index >= 15 is 0 Å². The predicted octanol–water partition coefficient (Wildman–Crippen LogP) is 2.72. The molecule has 3 aromatic rings. The molecule has 4 rings (SSSR count). The van der Waals surface area contributed by atoms with Gasteiger partial charge in [0.2, 0.25) is 5.82 Å². The van der Waals surface area contributed by atoms with Gasteiger partial charge in [0.05, 0.1) is 6.04 Å². The van der Waals surface area contributed by atoms with Crippen LogP contribution in [0, 0.1) is 11.6 Å². The number of hydrogen-bond donors (Lipinski definition) is 1. The molecule has 1 amide bonds. The van der Waals surface area contributed by atoms with E-state index in [-0.39, 0.29) is 23.5 Å². The topological polar surface area (TPSA) is 87.9 Å². The molecule has 1 N–H and O–H groups in total. The van der Waals surface area contributed by atoms with E-state index in [0.29, 0.717) is 24.3 Å². The number of halogens is 2. The van der Waals surface area contributed by atoms with Gasteiger partial charge >= 0.3 is 0 Å². The molecule has 1 unspecified atom stereocenters. The lowest BCUT2D eigenvalue weighted by molar-refractivity contribution is 0.0704. The van der Waals surface area contributed by atoms with Gasteiger partial charge in [-0.25, -0.2) is 8.78 Å². The van der Waals surface area contributed by atoms with Crippen molar-refractivity contribution >= 4 is 5.91 Å². The van der Waals surface area contributed by atoms with Gasteiger partial charge in [-0.05, 0) is 47.9 Å². The molecule has 1 aromatic carbocycles. The van der Waals surface area contributed by atoms with Crippen LogP contribution in [0.5, 0.6) is 0 Å². The first kappa shape index (κ1) is 15.4. The lowest BCUT2D eigenvalue weighted by atomic mass is 10.0. The first-order valence-corrected chi connectivity index (χ1v) is 7.73. The lowest BCUT2D eigenvalue weighted by Crippen LogP contribution is -2.30. The minimum atomic E-state index is -0.922. The smallest absolute Gasteiger partial charge is 0.290 e. The number of hydrogen-bond acceptors (Lipinski definition) is 5. The van der Waals surface area contributed by atoms with Crippen LogP contribution < -0.4 is 0 Å². The summed E-state index contributed by atoms with van der Waals surface area (Å²) in [6.45, 7) is 0.515. The fourth-order valence-corrected chi connectivity index (χ4v) is 3.06. The van der Waals surface area contributed by atoms with Crippen molar-refractivity contribution in [3.63, 3.8) is 0 Å². The summed E-state index contributed by atoms with van der Waals surface area (Å²) in [5, 5.41) is 13.3. The summed E-state index contributed by atoms with van der Waals surface area (Å²) in [4.78, 5) is 14.4. The Hall–Kier alpha value is -3.10. The number of carbonyl (C=O) groups is 1. The number of nitrogens with one attached hydrogen (secondary N) is 1. The highest BCUT2D eigenvalue weighted by Crippen LogP contribution is 2.34. The zero-order chi connectivity index (χ0) is 17.4. The van der Waals surface area contributed by atoms with Gasteiger partial charge in [0.25, 0.3) is 5.91 Å². The largest absolute Gasteiger partial charge is 0.447 e. The molecule has 1 saturated heterocycles. The molecule has 0 bridgehead atoms. The second-order valence-electron chi connectivity index (χ2n) is 5.73. The van der Waals surface area contributed by atoms with Crippen LogP contribution in [-0.4, -0.2) is 38.0 Å². The number of carbonyl (C=O) groups excluding carboxylic acids is 1. The fraction of sp³-hybridized carbons (Fsp3) is 0.250. The van der Waals surface area contributed by atoms with E-state index < -0.39 is 11.6 Å². The van der Waals surface area contributed by atoms with E-state index in [9.17, 15) is 13.6 Å². The van der Waals surface area contributed by atoms with Gasteiger partial charge in [-0.3, -0.25) is 4.79 Å². The van der Waals surface area contributed by atoms with Crippen molar-refractivity contribution < 1.29 is 18.0 Å². The van der Waals surface area contributed by atoms with Crippen LogP contribution in [0.1, 0.15) is 35.0 Å². The fourth-order valence-electron chi connectivity index (χ4n) is 3.06. The summed E-state index contributed by atoms with van der Waals surface area (Å²) in [5.41, 5.74) is 0.565. The Morgan fingerprint density at radius 2 is 2.12 bits per heavy atom. The molecule has 0 saturated carbocycles. The third-order valence-electron chi connectivity index (χ3n) is 4.22. The molecule has 2 aromatic heterocycles. The zero-order valence-electron chi connectivity index (χ0n) is 12.9. The van der Waals surface area contributed by atoms with Crippen molar-refractivity contribution in [2.75, 3.05) is 6.54 Å². The summed E-state index contributed by atoms with van der Waals surface area (Å²) in [6, 6.07) is 6.52. The summed E-state index contributed by atoms with van der Waals surface area (Å²) in [7, 11) is 0. The first-order chi connectivity index (χ1) is 12.1. The van der Waals surface area contributed by atoms with Crippen molar-refractivity contribution in [2.45, 2.75) is 18.9 Å². The van der Waals surface area contributed by atoms with E-state index in [4.69, 9.17) is 4.42 Å². The molecule has 0 radical (unpaired) electrons. The summed E-state index contributed by atoms with van der Waals surface area (Å²) in [5.74, 6) is -1.45. The summed E-state index contributed by atoms with van der Waals surface area (Å²) < 4.78 is 32.2. The van der Waals surface area contributed by atoms with Gasteiger partial charge in [-0.15, -0.1) is 10.2 Å². The average Bonchev–Trinajstić information content (AvgIpc) is 3.36. The molecule has 1 aliphatic heterocycles. The number of likely N-dealkylation sites (tertiary alicyclic amines) is 1. The molecule has 1 atom stereocenters. The molecule has 9 heteroatoms. The highest BCUT2D eigenvalue weighted by atomic mass is 19.2. The Labute approximate surface area is 140 Å².